The Labute approximate surface area is 162 Å². The van der Waals surface area contributed by atoms with E-state index in [4.69, 9.17) is 21.1 Å². The van der Waals surface area contributed by atoms with Gasteiger partial charge in [0, 0.05) is 30.7 Å². The smallest absolute Gasteiger partial charge is 0.314 e. The first kappa shape index (κ1) is 20.3. The molecule has 0 aliphatic carbocycles. The van der Waals surface area contributed by atoms with Crippen molar-refractivity contribution in [3.05, 3.63) is 27.7 Å². The van der Waals surface area contributed by atoms with Gasteiger partial charge in [0.15, 0.2) is 0 Å². The molecule has 140 valence electrons. The Morgan fingerprint density at radius 3 is 2.68 bits per heavy atom. The van der Waals surface area contributed by atoms with Crippen molar-refractivity contribution >= 4 is 33.6 Å². The van der Waals surface area contributed by atoms with Gasteiger partial charge in [-0.2, -0.15) is 0 Å². The minimum absolute atomic E-state index is 0.136. The minimum Gasteiger partial charge on any atom is -0.492 e. The summed E-state index contributed by atoms with van der Waals surface area (Å²) in [6.45, 7) is 6.30. The average molecular weight is 435 g/mol. The van der Waals surface area contributed by atoms with Gasteiger partial charge in [0.25, 0.3) is 0 Å². The highest BCUT2D eigenvalue weighted by Crippen LogP contribution is 2.27. The highest BCUT2D eigenvalue weighted by atomic mass is 79.9. The summed E-state index contributed by atoms with van der Waals surface area (Å²) in [4.78, 5) is 14.1. The third-order valence-electron chi connectivity index (χ3n) is 3.80. The highest BCUT2D eigenvalue weighted by Gasteiger charge is 2.09. The number of ether oxygens (including phenoxy) is 2. The zero-order valence-electron chi connectivity index (χ0n) is 14.2. The van der Waals surface area contributed by atoms with E-state index >= 15 is 0 Å². The van der Waals surface area contributed by atoms with Gasteiger partial charge in [-0.05, 0) is 37.6 Å². The van der Waals surface area contributed by atoms with Crippen LogP contribution in [0.3, 0.4) is 0 Å². The van der Waals surface area contributed by atoms with E-state index in [1.54, 1.807) is 6.07 Å². The van der Waals surface area contributed by atoms with E-state index in [1.165, 1.54) is 0 Å². The molecule has 0 aromatic heterocycles. The Hall–Kier alpha value is -1.02. The third-order valence-corrected chi connectivity index (χ3v) is 4.59. The summed E-state index contributed by atoms with van der Waals surface area (Å²) in [6, 6.07) is 5.35. The zero-order valence-corrected chi connectivity index (χ0v) is 16.6. The van der Waals surface area contributed by atoms with Crippen molar-refractivity contribution in [1.29, 1.82) is 0 Å². The van der Waals surface area contributed by atoms with Crippen LogP contribution >= 0.6 is 27.5 Å². The molecule has 1 aromatic rings. The number of morpholine rings is 1. The van der Waals surface area contributed by atoms with Crippen molar-refractivity contribution in [3.63, 3.8) is 0 Å². The molecule has 8 heteroatoms. The lowest BCUT2D eigenvalue weighted by Crippen LogP contribution is -2.40. The molecule has 0 atom stereocenters. The number of hydrogen-bond donors (Lipinski definition) is 2. The monoisotopic (exact) mass is 433 g/mol. The van der Waals surface area contributed by atoms with Crippen LogP contribution in [-0.4, -0.2) is 63.5 Å². The standard InChI is InChI=1S/C17H25BrClN3O3/c18-14-3-4-16(15(19)13-14)25-10-2-6-21-17(23)20-5-1-7-22-8-11-24-12-9-22/h3-4,13H,1-2,5-12H2,(H2,20,21,23). The molecule has 1 aliphatic rings. The van der Waals surface area contributed by atoms with Gasteiger partial charge in [-0.15, -0.1) is 0 Å². The largest absolute Gasteiger partial charge is 0.492 e. The average Bonchev–Trinajstić information content (AvgIpc) is 2.61. The Balaban J connectivity index is 1.46. The van der Waals surface area contributed by atoms with Gasteiger partial charge in [0.1, 0.15) is 5.75 Å². The summed E-state index contributed by atoms with van der Waals surface area (Å²) in [5.74, 6) is 0.650. The maximum Gasteiger partial charge on any atom is 0.314 e. The molecular formula is C17H25BrClN3O3. The first-order chi connectivity index (χ1) is 12.1. The molecule has 25 heavy (non-hydrogen) atoms. The second kappa shape index (κ2) is 11.6. The molecule has 0 unspecified atom stereocenters. The van der Waals surface area contributed by atoms with Crippen LogP contribution in [0.15, 0.2) is 22.7 Å². The van der Waals surface area contributed by atoms with E-state index in [0.717, 1.165) is 43.7 Å². The lowest BCUT2D eigenvalue weighted by Gasteiger charge is -2.26. The molecule has 1 saturated heterocycles. The van der Waals surface area contributed by atoms with Crippen molar-refractivity contribution in [2.24, 2.45) is 0 Å². The van der Waals surface area contributed by atoms with Crippen LogP contribution in [-0.2, 0) is 4.74 Å². The van der Waals surface area contributed by atoms with E-state index in [1.807, 2.05) is 12.1 Å². The fraction of sp³-hybridized carbons (Fsp3) is 0.588. The number of halogens is 2. The van der Waals surface area contributed by atoms with Crippen LogP contribution in [0.4, 0.5) is 4.79 Å². The molecule has 2 amide bonds. The van der Waals surface area contributed by atoms with Crippen LogP contribution in [0.1, 0.15) is 12.8 Å². The molecule has 6 nitrogen and oxygen atoms in total. The Bertz CT molecular complexity index is 542. The highest BCUT2D eigenvalue weighted by molar-refractivity contribution is 9.10. The molecule has 2 N–H and O–H groups in total. The summed E-state index contributed by atoms with van der Waals surface area (Å²) in [5, 5.41) is 6.27. The van der Waals surface area contributed by atoms with Gasteiger partial charge in [0.2, 0.25) is 0 Å². The summed E-state index contributed by atoms with van der Waals surface area (Å²) >= 11 is 9.43. The Kier molecular flexibility index (Phi) is 9.39. The van der Waals surface area contributed by atoms with Gasteiger partial charge in [-0.25, -0.2) is 4.79 Å². The van der Waals surface area contributed by atoms with Crippen LogP contribution in [0.25, 0.3) is 0 Å². The third kappa shape index (κ3) is 8.27. The predicted molar refractivity (Wildman–Crippen MR) is 103 cm³/mol. The SMILES string of the molecule is O=C(NCCCOc1ccc(Br)cc1Cl)NCCCN1CCOCC1. The molecule has 0 saturated carbocycles. The fourth-order valence-electron chi connectivity index (χ4n) is 2.44. The van der Waals surface area contributed by atoms with E-state index in [9.17, 15) is 4.79 Å². The van der Waals surface area contributed by atoms with Crippen LogP contribution in [0, 0.1) is 0 Å². The number of nitrogens with one attached hydrogen (secondary N) is 2. The van der Waals surface area contributed by atoms with Crippen molar-refractivity contribution in [2.75, 3.05) is 52.5 Å². The van der Waals surface area contributed by atoms with Gasteiger partial charge >= 0.3 is 6.03 Å². The summed E-state index contributed by atoms with van der Waals surface area (Å²) in [5.41, 5.74) is 0. The molecule has 1 heterocycles. The second-order valence-corrected chi connectivity index (χ2v) is 7.09. The van der Waals surface area contributed by atoms with Gasteiger partial charge in [-0.3, -0.25) is 4.90 Å². The number of benzene rings is 1. The van der Waals surface area contributed by atoms with Gasteiger partial charge < -0.3 is 20.1 Å². The number of nitrogens with zero attached hydrogens (tertiary/aromatic N) is 1. The molecule has 1 fully saturated rings. The van der Waals surface area contributed by atoms with Crippen molar-refractivity contribution < 1.29 is 14.3 Å². The first-order valence-corrected chi connectivity index (χ1v) is 9.72. The summed E-state index contributed by atoms with van der Waals surface area (Å²) in [6.07, 6.45) is 1.66. The van der Waals surface area contributed by atoms with Gasteiger partial charge in [-0.1, -0.05) is 27.5 Å². The normalized spacial score (nSPS) is 15.0. The maximum absolute atomic E-state index is 11.7. The Morgan fingerprint density at radius 2 is 1.96 bits per heavy atom. The molecule has 0 bridgehead atoms. The number of hydrogen-bond acceptors (Lipinski definition) is 4. The van der Waals surface area contributed by atoms with Crippen molar-refractivity contribution in [3.8, 4) is 5.75 Å². The predicted octanol–water partition coefficient (Wildman–Crippen LogP) is 2.89. The van der Waals surface area contributed by atoms with Crippen LogP contribution < -0.4 is 15.4 Å². The van der Waals surface area contributed by atoms with Crippen molar-refractivity contribution in [1.82, 2.24) is 15.5 Å². The number of rotatable bonds is 9. The van der Waals surface area contributed by atoms with Crippen molar-refractivity contribution in [2.45, 2.75) is 12.8 Å². The van der Waals surface area contributed by atoms with E-state index in [-0.39, 0.29) is 6.03 Å². The molecule has 0 spiro atoms. The lowest BCUT2D eigenvalue weighted by atomic mass is 10.3. The molecule has 2 rings (SSSR count). The number of carbonyl (C=O) groups is 1. The fourth-order valence-corrected chi connectivity index (χ4v) is 3.17. The lowest BCUT2D eigenvalue weighted by molar-refractivity contribution is 0.0375. The minimum atomic E-state index is -0.136. The summed E-state index contributed by atoms with van der Waals surface area (Å²) < 4.78 is 11.8. The van der Waals surface area contributed by atoms with E-state index < -0.39 is 0 Å². The topological polar surface area (TPSA) is 62.8 Å². The molecule has 0 radical (unpaired) electrons. The zero-order chi connectivity index (χ0) is 17.9. The number of amides is 2. The first-order valence-electron chi connectivity index (χ1n) is 8.55. The van der Waals surface area contributed by atoms with Crippen LogP contribution in [0.5, 0.6) is 5.75 Å². The number of urea groups is 1. The van der Waals surface area contributed by atoms with Gasteiger partial charge in [0.05, 0.1) is 24.8 Å². The van der Waals surface area contributed by atoms with E-state index in [0.29, 0.717) is 36.9 Å². The quantitative estimate of drug-likeness (QED) is 0.587. The molecular weight excluding hydrogens is 410 g/mol. The van der Waals surface area contributed by atoms with Crippen LogP contribution in [0.2, 0.25) is 5.02 Å². The molecule has 1 aliphatic heterocycles. The van der Waals surface area contributed by atoms with E-state index in [2.05, 4.69) is 31.5 Å². The number of carbonyl (C=O) groups excluding carboxylic acids is 1. The Morgan fingerprint density at radius 1 is 1.24 bits per heavy atom. The summed E-state index contributed by atoms with van der Waals surface area (Å²) in [7, 11) is 0. The second-order valence-electron chi connectivity index (χ2n) is 5.77. The maximum atomic E-state index is 11.7. The molecule has 1 aromatic carbocycles.